The smallest absolute Gasteiger partial charge is 0.123 e. The average molecular weight is 485 g/mol. The molecule has 0 radical (unpaired) electrons. The first-order valence-corrected chi connectivity index (χ1v) is 14.1. The fourth-order valence-corrected chi connectivity index (χ4v) is 10.2. The van der Waals surface area contributed by atoms with Crippen LogP contribution in [0.15, 0.2) is 115 Å². The van der Waals surface area contributed by atoms with Gasteiger partial charge in [0.25, 0.3) is 0 Å². The zero-order valence-corrected chi connectivity index (χ0v) is 20.8. The van der Waals surface area contributed by atoms with Gasteiger partial charge in [0.2, 0.25) is 0 Å². The molecular weight excluding hydrogens is 461 g/mol. The summed E-state index contributed by atoms with van der Waals surface area (Å²) in [6, 6.07) is 41.0. The summed E-state index contributed by atoms with van der Waals surface area (Å²) in [6.07, 6.45) is 0.947. The first-order valence-electron chi connectivity index (χ1n) is 10.9. The van der Waals surface area contributed by atoms with Gasteiger partial charge in [0.15, 0.2) is 0 Å². The summed E-state index contributed by atoms with van der Waals surface area (Å²) in [5, 5.41) is 5.97. The SMILES string of the molecule is Cc1nc(-c2ccc(Cl)cc2)sc1C[P+](c1ccccc1)(c1ccccc1)c1ccccc1. The van der Waals surface area contributed by atoms with Crippen molar-refractivity contribution in [3.8, 4) is 10.6 Å². The van der Waals surface area contributed by atoms with Gasteiger partial charge in [-0.3, -0.25) is 0 Å². The molecule has 0 aliphatic heterocycles. The average Bonchev–Trinajstić information content (AvgIpc) is 3.24. The van der Waals surface area contributed by atoms with Crippen LogP contribution in [0.1, 0.15) is 10.6 Å². The van der Waals surface area contributed by atoms with Crippen LogP contribution in [-0.2, 0) is 6.16 Å². The van der Waals surface area contributed by atoms with Gasteiger partial charge in [0.1, 0.15) is 34.3 Å². The lowest BCUT2D eigenvalue weighted by molar-refractivity contribution is 1.22. The molecule has 5 rings (SSSR count). The summed E-state index contributed by atoms with van der Waals surface area (Å²) in [7, 11) is -1.94. The van der Waals surface area contributed by atoms with Crippen LogP contribution in [0.4, 0.5) is 0 Å². The summed E-state index contributed by atoms with van der Waals surface area (Å²) < 4.78 is 0. The molecule has 0 aliphatic rings. The lowest BCUT2D eigenvalue weighted by Gasteiger charge is -2.27. The molecule has 0 spiro atoms. The maximum atomic E-state index is 6.11. The van der Waals surface area contributed by atoms with Gasteiger partial charge in [-0.05, 0) is 55.5 Å². The van der Waals surface area contributed by atoms with E-state index in [2.05, 4.69) is 110 Å². The summed E-state index contributed by atoms with van der Waals surface area (Å²) in [6.45, 7) is 2.14. The van der Waals surface area contributed by atoms with Gasteiger partial charge < -0.3 is 0 Å². The maximum absolute atomic E-state index is 6.11. The molecule has 1 aromatic heterocycles. The number of hydrogen-bond donors (Lipinski definition) is 0. The Hall–Kier alpha value is -2.77. The van der Waals surface area contributed by atoms with Crippen LogP contribution >= 0.6 is 30.2 Å². The van der Waals surface area contributed by atoms with Gasteiger partial charge in [-0.25, -0.2) is 4.98 Å². The van der Waals surface area contributed by atoms with Gasteiger partial charge in [0.05, 0.1) is 10.6 Å². The standard InChI is InChI=1S/C29H24ClNPS/c1-22-28(33-29(31-22)23-17-19-24(30)20-18-23)21-32(25-11-5-2-6-12-25,26-13-7-3-8-14-26)27-15-9-4-10-16-27/h2-20H,21H2,1H3/q+1. The van der Waals surface area contributed by atoms with E-state index in [1.165, 1.54) is 20.8 Å². The van der Waals surface area contributed by atoms with Crippen molar-refractivity contribution in [3.63, 3.8) is 0 Å². The molecule has 0 aliphatic carbocycles. The Labute approximate surface area is 205 Å². The first-order chi connectivity index (χ1) is 16.2. The number of hydrogen-bond acceptors (Lipinski definition) is 2. The minimum atomic E-state index is -1.94. The molecule has 5 aromatic rings. The monoisotopic (exact) mass is 484 g/mol. The second-order valence-electron chi connectivity index (χ2n) is 8.01. The Morgan fingerprint density at radius 2 is 1.12 bits per heavy atom. The van der Waals surface area contributed by atoms with E-state index >= 15 is 0 Å². The zero-order valence-electron chi connectivity index (χ0n) is 18.4. The van der Waals surface area contributed by atoms with Crippen molar-refractivity contribution in [1.82, 2.24) is 4.98 Å². The van der Waals surface area contributed by atoms with E-state index in [0.717, 1.165) is 27.4 Å². The molecule has 0 N–H and O–H groups in total. The molecular formula is C29H24ClNPS+. The largest absolute Gasteiger partial charge is 0.241 e. The van der Waals surface area contributed by atoms with Crippen LogP contribution < -0.4 is 15.9 Å². The van der Waals surface area contributed by atoms with E-state index in [1.807, 2.05) is 12.1 Å². The number of nitrogens with zero attached hydrogens (tertiary/aromatic N) is 1. The Morgan fingerprint density at radius 1 is 0.667 bits per heavy atom. The van der Waals surface area contributed by atoms with Crippen LogP contribution in [0.2, 0.25) is 5.02 Å². The fourth-order valence-electron chi connectivity index (χ4n) is 4.27. The quantitative estimate of drug-likeness (QED) is 0.231. The molecule has 4 aromatic carbocycles. The van der Waals surface area contributed by atoms with Gasteiger partial charge in [-0.15, -0.1) is 11.3 Å². The highest BCUT2D eigenvalue weighted by Gasteiger charge is 2.46. The minimum absolute atomic E-state index is 0.745. The van der Waals surface area contributed by atoms with Gasteiger partial charge in [0, 0.05) is 10.6 Å². The van der Waals surface area contributed by atoms with Crippen molar-refractivity contribution in [2.24, 2.45) is 0 Å². The highest BCUT2D eigenvalue weighted by Crippen LogP contribution is 2.59. The maximum Gasteiger partial charge on any atom is 0.123 e. The molecule has 0 saturated carbocycles. The third-order valence-electron chi connectivity index (χ3n) is 5.96. The van der Waals surface area contributed by atoms with Crippen molar-refractivity contribution < 1.29 is 0 Å². The van der Waals surface area contributed by atoms with Gasteiger partial charge in [-0.1, -0.05) is 78.3 Å². The summed E-state index contributed by atoms with van der Waals surface area (Å²) in [4.78, 5) is 6.31. The van der Waals surface area contributed by atoms with Crippen molar-refractivity contribution in [1.29, 1.82) is 0 Å². The van der Waals surface area contributed by atoms with Crippen LogP contribution in [-0.4, -0.2) is 4.98 Å². The number of aryl methyl sites for hydroxylation is 1. The van der Waals surface area contributed by atoms with Crippen molar-refractivity contribution in [3.05, 3.63) is 131 Å². The van der Waals surface area contributed by atoms with E-state index in [9.17, 15) is 0 Å². The second-order valence-corrected chi connectivity index (χ2v) is 13.0. The van der Waals surface area contributed by atoms with Crippen LogP contribution in [0.25, 0.3) is 10.6 Å². The Morgan fingerprint density at radius 3 is 1.58 bits per heavy atom. The summed E-state index contributed by atoms with van der Waals surface area (Å²) in [5.74, 6) is 0. The Kier molecular flexibility index (Phi) is 6.42. The number of halogens is 1. The summed E-state index contributed by atoms with van der Waals surface area (Å²) >= 11 is 7.92. The minimum Gasteiger partial charge on any atom is -0.241 e. The highest BCUT2D eigenvalue weighted by molar-refractivity contribution is 7.95. The highest BCUT2D eigenvalue weighted by atomic mass is 35.5. The normalized spacial score (nSPS) is 11.5. The van der Waals surface area contributed by atoms with Crippen LogP contribution in [0.3, 0.4) is 0 Å². The first kappa shape index (κ1) is 22.0. The van der Waals surface area contributed by atoms with Gasteiger partial charge in [-0.2, -0.15) is 0 Å². The molecule has 33 heavy (non-hydrogen) atoms. The third kappa shape index (κ3) is 4.39. The van der Waals surface area contributed by atoms with Crippen molar-refractivity contribution in [2.45, 2.75) is 13.1 Å². The van der Waals surface area contributed by atoms with Crippen LogP contribution in [0.5, 0.6) is 0 Å². The molecule has 0 atom stereocenters. The predicted molar refractivity (Wildman–Crippen MR) is 146 cm³/mol. The lowest BCUT2D eigenvalue weighted by Crippen LogP contribution is -2.32. The molecule has 0 unspecified atom stereocenters. The number of thiazole rings is 1. The number of aromatic nitrogens is 1. The fraction of sp³-hybridized carbons (Fsp3) is 0.0690. The number of rotatable bonds is 6. The molecule has 1 nitrogen and oxygen atoms in total. The lowest BCUT2D eigenvalue weighted by atomic mass is 10.2. The summed E-state index contributed by atoms with van der Waals surface area (Å²) in [5.41, 5.74) is 2.22. The number of benzene rings is 4. The molecule has 0 bridgehead atoms. The topological polar surface area (TPSA) is 12.9 Å². The van der Waals surface area contributed by atoms with E-state index in [0.29, 0.717) is 0 Å². The van der Waals surface area contributed by atoms with E-state index in [1.54, 1.807) is 11.3 Å². The third-order valence-corrected chi connectivity index (χ3v) is 12.0. The predicted octanol–water partition coefficient (Wildman–Crippen LogP) is 7.27. The van der Waals surface area contributed by atoms with Crippen molar-refractivity contribution >= 4 is 46.1 Å². The molecule has 0 saturated heterocycles. The molecule has 4 heteroatoms. The molecule has 1 heterocycles. The zero-order chi connectivity index (χ0) is 22.7. The second kappa shape index (κ2) is 9.61. The Balaban J connectivity index is 1.70. The Bertz CT molecular complexity index is 1240. The molecule has 0 amide bonds. The van der Waals surface area contributed by atoms with Gasteiger partial charge >= 0.3 is 0 Å². The van der Waals surface area contributed by atoms with Crippen molar-refractivity contribution in [2.75, 3.05) is 0 Å². The molecule has 162 valence electrons. The van der Waals surface area contributed by atoms with Crippen LogP contribution in [0, 0.1) is 6.92 Å². The molecule has 0 fully saturated rings. The van der Waals surface area contributed by atoms with E-state index in [-0.39, 0.29) is 0 Å². The van der Waals surface area contributed by atoms with E-state index in [4.69, 9.17) is 16.6 Å². The van der Waals surface area contributed by atoms with E-state index < -0.39 is 7.26 Å².